The molecule has 8 heteroatoms. The van der Waals surface area contributed by atoms with Crippen molar-refractivity contribution >= 4 is 11.8 Å². The van der Waals surface area contributed by atoms with Gasteiger partial charge in [-0.2, -0.15) is 5.26 Å². The minimum Gasteiger partial charge on any atom is -0.481 e. The van der Waals surface area contributed by atoms with Gasteiger partial charge in [-0.25, -0.2) is 4.79 Å². The van der Waals surface area contributed by atoms with Crippen LogP contribution in [0.5, 0.6) is 0 Å². The van der Waals surface area contributed by atoms with Crippen LogP contribution in [0.3, 0.4) is 0 Å². The zero-order chi connectivity index (χ0) is 19.3. The lowest BCUT2D eigenvalue weighted by Crippen LogP contribution is -2.41. The Bertz CT molecular complexity index is 954. The Morgan fingerprint density at radius 3 is 2.46 bits per heavy atom. The molecule has 1 unspecified atom stereocenters. The molecule has 1 heterocycles. The molecule has 1 atom stereocenters. The first-order chi connectivity index (χ1) is 12.3. The Kier molecular flexibility index (Phi) is 5.96. The molecule has 0 spiro atoms. The number of carbonyl (C=O) groups is 1. The van der Waals surface area contributed by atoms with E-state index in [0.717, 1.165) is 10.1 Å². The molecule has 0 amide bonds. The average Bonchev–Trinajstić information content (AvgIpc) is 2.63. The lowest BCUT2D eigenvalue weighted by atomic mass is 10.0. The van der Waals surface area contributed by atoms with Crippen LogP contribution >= 0.6 is 0 Å². The Labute approximate surface area is 149 Å². The summed E-state index contributed by atoms with van der Waals surface area (Å²) in [6.07, 6.45) is 0.687. The van der Waals surface area contributed by atoms with Gasteiger partial charge in [-0.3, -0.25) is 18.7 Å². The van der Waals surface area contributed by atoms with Crippen LogP contribution in [-0.2, 0) is 25.3 Å². The van der Waals surface area contributed by atoms with E-state index in [1.807, 2.05) is 36.4 Å². The molecule has 0 fully saturated rings. The number of aliphatic carboxylic acids is 1. The van der Waals surface area contributed by atoms with Crippen molar-refractivity contribution in [3.05, 3.63) is 62.3 Å². The number of carboxylic acids is 1. The zero-order valence-electron chi connectivity index (χ0n) is 14.6. The molecule has 2 N–H and O–H groups in total. The van der Waals surface area contributed by atoms with Gasteiger partial charge in [0.25, 0.3) is 5.56 Å². The third-order valence-corrected chi connectivity index (χ3v) is 4.15. The van der Waals surface area contributed by atoms with Gasteiger partial charge in [0.15, 0.2) is 5.56 Å². The summed E-state index contributed by atoms with van der Waals surface area (Å²) in [5.74, 6) is -0.838. The van der Waals surface area contributed by atoms with Crippen LogP contribution in [0.2, 0.25) is 0 Å². The molecule has 0 aliphatic rings. The molecular formula is C18H20N4O4. The number of benzene rings is 1. The number of nitriles is 1. The van der Waals surface area contributed by atoms with Crippen LogP contribution in [0.4, 0.5) is 5.82 Å². The Balaban J connectivity index is 2.42. The fourth-order valence-corrected chi connectivity index (χ4v) is 2.73. The standard InChI is InChI=1S/C18H20N4O4/c1-21-16(14(11-19)17(25)22(2)18(21)26)20-13(8-9-15(23)24)10-12-6-4-3-5-7-12/h3-7,13,20H,8-10H2,1-2H3,(H,23,24). The maximum Gasteiger partial charge on any atom is 0.332 e. The van der Waals surface area contributed by atoms with E-state index in [-0.39, 0.29) is 30.3 Å². The highest BCUT2D eigenvalue weighted by Gasteiger charge is 2.19. The number of carboxylic acid groups (broad SMARTS) is 1. The van der Waals surface area contributed by atoms with Crippen LogP contribution < -0.4 is 16.6 Å². The van der Waals surface area contributed by atoms with E-state index in [0.29, 0.717) is 6.42 Å². The molecule has 2 rings (SSSR count). The first-order valence-electron chi connectivity index (χ1n) is 8.07. The van der Waals surface area contributed by atoms with Crippen molar-refractivity contribution in [1.82, 2.24) is 9.13 Å². The van der Waals surface area contributed by atoms with E-state index in [2.05, 4.69) is 5.32 Å². The molecular weight excluding hydrogens is 336 g/mol. The molecule has 0 bridgehead atoms. The van der Waals surface area contributed by atoms with Gasteiger partial charge in [-0.1, -0.05) is 30.3 Å². The zero-order valence-corrected chi connectivity index (χ0v) is 14.6. The number of rotatable bonds is 7. The van der Waals surface area contributed by atoms with Crippen molar-refractivity contribution < 1.29 is 9.90 Å². The number of nitrogens with one attached hydrogen (secondary N) is 1. The molecule has 2 aromatic rings. The molecule has 26 heavy (non-hydrogen) atoms. The minimum absolute atomic E-state index is 0.0782. The summed E-state index contributed by atoms with van der Waals surface area (Å²) in [6, 6.07) is 10.9. The van der Waals surface area contributed by atoms with E-state index in [4.69, 9.17) is 5.11 Å². The predicted molar refractivity (Wildman–Crippen MR) is 96.1 cm³/mol. The van der Waals surface area contributed by atoms with Crippen molar-refractivity contribution in [3.63, 3.8) is 0 Å². The number of nitrogens with zero attached hydrogens (tertiary/aromatic N) is 3. The second-order valence-corrected chi connectivity index (χ2v) is 6.00. The molecule has 1 aromatic carbocycles. The van der Waals surface area contributed by atoms with E-state index < -0.39 is 17.2 Å². The highest BCUT2D eigenvalue weighted by Crippen LogP contribution is 2.15. The maximum atomic E-state index is 12.2. The minimum atomic E-state index is -0.941. The van der Waals surface area contributed by atoms with Gasteiger partial charge in [0.05, 0.1) is 0 Å². The van der Waals surface area contributed by atoms with E-state index in [9.17, 15) is 19.6 Å². The van der Waals surface area contributed by atoms with E-state index in [1.165, 1.54) is 18.7 Å². The monoisotopic (exact) mass is 356 g/mol. The highest BCUT2D eigenvalue weighted by molar-refractivity contribution is 5.66. The van der Waals surface area contributed by atoms with Crippen molar-refractivity contribution in [2.75, 3.05) is 5.32 Å². The van der Waals surface area contributed by atoms with Gasteiger partial charge < -0.3 is 10.4 Å². The largest absolute Gasteiger partial charge is 0.481 e. The van der Waals surface area contributed by atoms with Gasteiger partial charge in [0.1, 0.15) is 11.9 Å². The fraction of sp³-hybridized carbons (Fsp3) is 0.333. The summed E-state index contributed by atoms with van der Waals surface area (Å²) in [5, 5.41) is 21.4. The molecule has 8 nitrogen and oxygen atoms in total. The number of hydrogen-bond donors (Lipinski definition) is 2. The summed E-state index contributed by atoms with van der Waals surface area (Å²) in [7, 11) is 2.77. The maximum absolute atomic E-state index is 12.2. The molecule has 0 radical (unpaired) electrons. The second-order valence-electron chi connectivity index (χ2n) is 6.00. The summed E-state index contributed by atoms with van der Waals surface area (Å²) in [5.41, 5.74) is -0.450. The number of aromatic nitrogens is 2. The highest BCUT2D eigenvalue weighted by atomic mass is 16.4. The first-order valence-corrected chi connectivity index (χ1v) is 8.07. The van der Waals surface area contributed by atoms with Gasteiger partial charge in [-0.15, -0.1) is 0 Å². The quantitative estimate of drug-likeness (QED) is 0.759. The number of anilines is 1. The average molecular weight is 356 g/mol. The van der Waals surface area contributed by atoms with Gasteiger partial charge in [0.2, 0.25) is 0 Å². The van der Waals surface area contributed by atoms with Crippen LogP contribution in [0, 0.1) is 11.3 Å². The molecule has 0 saturated carbocycles. The Morgan fingerprint density at radius 2 is 1.88 bits per heavy atom. The van der Waals surface area contributed by atoms with Gasteiger partial charge in [-0.05, 0) is 18.4 Å². The predicted octanol–water partition coefficient (Wildman–Crippen LogP) is 0.844. The fourth-order valence-electron chi connectivity index (χ4n) is 2.73. The Morgan fingerprint density at radius 1 is 1.23 bits per heavy atom. The smallest absolute Gasteiger partial charge is 0.332 e. The lowest BCUT2D eigenvalue weighted by Gasteiger charge is -2.22. The normalized spacial score (nSPS) is 11.6. The van der Waals surface area contributed by atoms with Crippen molar-refractivity contribution in [1.29, 1.82) is 5.26 Å². The summed E-state index contributed by atoms with van der Waals surface area (Å²) < 4.78 is 2.06. The topological polar surface area (TPSA) is 117 Å². The molecule has 0 aliphatic carbocycles. The van der Waals surface area contributed by atoms with Crippen molar-refractivity contribution in [3.8, 4) is 6.07 Å². The van der Waals surface area contributed by atoms with Crippen LogP contribution in [0.25, 0.3) is 0 Å². The second kappa shape index (κ2) is 8.16. The SMILES string of the molecule is Cn1c(NC(CCC(=O)O)Cc2ccccc2)c(C#N)c(=O)n(C)c1=O. The summed E-state index contributed by atoms with van der Waals surface area (Å²) >= 11 is 0. The molecule has 1 aromatic heterocycles. The van der Waals surface area contributed by atoms with Crippen molar-refractivity contribution in [2.24, 2.45) is 14.1 Å². The summed E-state index contributed by atoms with van der Waals surface area (Å²) in [4.78, 5) is 35.3. The molecule has 0 aliphatic heterocycles. The third kappa shape index (κ3) is 4.19. The van der Waals surface area contributed by atoms with Crippen LogP contribution in [0.15, 0.2) is 39.9 Å². The molecule has 136 valence electrons. The Hall–Kier alpha value is -3.34. The number of hydrogen-bond acceptors (Lipinski definition) is 5. The van der Waals surface area contributed by atoms with Gasteiger partial charge in [0, 0.05) is 26.6 Å². The first kappa shape index (κ1) is 19.0. The van der Waals surface area contributed by atoms with E-state index >= 15 is 0 Å². The third-order valence-electron chi connectivity index (χ3n) is 4.15. The molecule has 0 saturated heterocycles. The summed E-state index contributed by atoms with van der Waals surface area (Å²) in [6.45, 7) is 0. The lowest BCUT2D eigenvalue weighted by molar-refractivity contribution is -0.137. The van der Waals surface area contributed by atoms with E-state index in [1.54, 1.807) is 0 Å². The van der Waals surface area contributed by atoms with Crippen LogP contribution in [0.1, 0.15) is 24.0 Å². The van der Waals surface area contributed by atoms with Gasteiger partial charge >= 0.3 is 11.7 Å². The van der Waals surface area contributed by atoms with Crippen molar-refractivity contribution in [2.45, 2.75) is 25.3 Å². The van der Waals surface area contributed by atoms with Crippen LogP contribution in [-0.4, -0.2) is 26.3 Å².